The molecular formula is C52H58N6O12. The molecule has 2 aromatic heterocycles. The third-order valence-electron chi connectivity index (χ3n) is 14.4. The Kier molecular flexibility index (Phi) is 13.7. The highest BCUT2D eigenvalue weighted by Gasteiger charge is 2.58. The standard InChI is InChI=1S/2C26H29N3O6/c2*1-3-5-16-7-8-18-24-23(25(32)27-11-15-6-9-20-21(10-15)35-14-34-20)17(13-30)19(12-28(18)26(16)33)29(24)22(31)4-2/h2*3,5-10,17,19,23-24,30H,4,11-14H2,1-2H3,(H,27,32)/b5-3+;5-3-/t2*17-,19-,23+,24+/m11/s1. The van der Waals surface area contributed by atoms with Gasteiger partial charge in [-0.05, 0) is 73.5 Å². The fraction of sp³-hybridized carbons (Fsp3) is 0.423. The summed E-state index contributed by atoms with van der Waals surface area (Å²) < 4.78 is 24.8. The normalized spacial score (nSPS) is 24.0. The topological polar surface area (TPSA) is 220 Å². The molecule has 18 nitrogen and oxygen atoms in total. The van der Waals surface area contributed by atoms with Gasteiger partial charge in [-0.25, -0.2) is 0 Å². The van der Waals surface area contributed by atoms with Gasteiger partial charge in [0.05, 0.1) is 36.0 Å². The third kappa shape index (κ3) is 8.42. The highest BCUT2D eigenvalue weighted by molar-refractivity contribution is 5.85. The Balaban J connectivity index is 0.000000174. The minimum atomic E-state index is -0.685. The molecule has 4 N–H and O–H groups in total. The number of nitrogens with zero attached hydrogens (tertiary/aromatic N) is 4. The summed E-state index contributed by atoms with van der Waals surface area (Å²) in [6.07, 6.45) is 7.66. The number of carbonyl (C=O) groups excluding carboxylic acids is 4. The Bertz CT molecular complexity index is 2700. The van der Waals surface area contributed by atoms with E-state index in [9.17, 15) is 39.0 Å². The number of aliphatic hydroxyl groups excluding tert-OH is 2. The Labute approximate surface area is 404 Å². The fourth-order valence-electron chi connectivity index (χ4n) is 11.2. The molecule has 0 aliphatic carbocycles. The van der Waals surface area contributed by atoms with E-state index in [2.05, 4.69) is 10.6 Å². The molecule has 368 valence electrons. The van der Waals surface area contributed by atoms with Crippen LogP contribution in [0.1, 0.15) is 86.3 Å². The summed E-state index contributed by atoms with van der Waals surface area (Å²) in [5.74, 6) is -0.474. The first kappa shape index (κ1) is 47.9. The Morgan fingerprint density at radius 2 is 1.00 bits per heavy atom. The number of carbonyl (C=O) groups is 4. The molecule has 0 spiro atoms. The Hall–Kier alpha value is -7.18. The molecule has 4 bridgehead atoms. The van der Waals surface area contributed by atoms with Crippen molar-refractivity contribution in [3.63, 3.8) is 0 Å². The number of ether oxygens (including phenoxy) is 4. The van der Waals surface area contributed by atoms with E-state index < -0.39 is 47.8 Å². The second-order valence-electron chi connectivity index (χ2n) is 18.1. The van der Waals surface area contributed by atoms with Crippen LogP contribution in [0.3, 0.4) is 0 Å². The van der Waals surface area contributed by atoms with Gasteiger partial charge in [0.15, 0.2) is 23.0 Å². The minimum absolute atomic E-state index is 0.0965. The van der Waals surface area contributed by atoms with Gasteiger partial charge in [0.2, 0.25) is 37.2 Å². The largest absolute Gasteiger partial charge is 0.454 e. The SMILES string of the molecule is C/C=C/c1ccc2n(c1=O)C[C@@H]1[C@@H](CO)[C@H](C(=O)NCc3ccc4c(c3)OCO4)[C@H]2N1C(=O)CC.C/C=C\c1ccc2n(c1=O)C[C@@H]1[C@@H](CO)[C@H](C(=O)NCc3ccc4c(c3)OCO4)[C@H]2N1C(=O)CC. The maximum absolute atomic E-state index is 13.6. The number of hydrogen-bond acceptors (Lipinski definition) is 12. The lowest BCUT2D eigenvalue weighted by molar-refractivity contribution is -0.137. The number of hydrogen-bond donors (Lipinski definition) is 4. The van der Waals surface area contributed by atoms with E-state index >= 15 is 0 Å². The maximum atomic E-state index is 13.6. The van der Waals surface area contributed by atoms with Gasteiger partial charge in [-0.2, -0.15) is 0 Å². The van der Waals surface area contributed by atoms with Gasteiger partial charge < -0.3 is 58.7 Å². The maximum Gasteiger partial charge on any atom is 0.258 e. The summed E-state index contributed by atoms with van der Waals surface area (Å²) in [6, 6.07) is 16.0. The molecule has 18 heteroatoms. The van der Waals surface area contributed by atoms with Crippen LogP contribution < -0.4 is 40.7 Å². The van der Waals surface area contributed by atoms with Crippen molar-refractivity contribution in [2.75, 3.05) is 26.8 Å². The van der Waals surface area contributed by atoms with Crippen molar-refractivity contribution in [2.45, 2.75) is 90.9 Å². The van der Waals surface area contributed by atoms with Crippen LogP contribution in [0.2, 0.25) is 0 Å². The third-order valence-corrected chi connectivity index (χ3v) is 14.4. The lowest BCUT2D eigenvalue weighted by Crippen LogP contribution is -2.49. The van der Waals surface area contributed by atoms with Crippen molar-refractivity contribution < 1.29 is 48.3 Å². The van der Waals surface area contributed by atoms with Gasteiger partial charge in [0, 0.05) is 86.6 Å². The van der Waals surface area contributed by atoms with E-state index in [-0.39, 0.29) is 101 Å². The number of nitrogens with one attached hydrogen (secondary N) is 2. The Morgan fingerprint density at radius 1 is 0.600 bits per heavy atom. The van der Waals surface area contributed by atoms with Crippen molar-refractivity contribution in [1.82, 2.24) is 29.6 Å². The van der Waals surface area contributed by atoms with Crippen molar-refractivity contribution >= 4 is 35.8 Å². The number of rotatable bonds is 12. The molecule has 4 amide bonds. The van der Waals surface area contributed by atoms with Crippen LogP contribution in [0.15, 0.2) is 82.4 Å². The van der Waals surface area contributed by atoms with E-state index in [0.717, 1.165) is 11.1 Å². The van der Waals surface area contributed by atoms with Crippen LogP contribution in [0.25, 0.3) is 12.2 Å². The zero-order valence-electron chi connectivity index (χ0n) is 39.5. The number of pyridine rings is 2. The first-order chi connectivity index (χ1) is 34.0. The molecule has 70 heavy (non-hydrogen) atoms. The molecule has 4 aromatic rings. The number of aliphatic hydroxyl groups is 2. The zero-order chi connectivity index (χ0) is 49.4. The van der Waals surface area contributed by atoms with Gasteiger partial charge in [0.25, 0.3) is 11.1 Å². The van der Waals surface area contributed by atoms with Gasteiger partial charge in [0.1, 0.15) is 0 Å². The summed E-state index contributed by atoms with van der Waals surface area (Å²) in [5.41, 5.74) is 3.73. The average Bonchev–Trinajstić information content (AvgIpc) is 4.15. The summed E-state index contributed by atoms with van der Waals surface area (Å²) in [7, 11) is 0. The fourth-order valence-corrected chi connectivity index (χ4v) is 11.2. The van der Waals surface area contributed by atoms with Gasteiger partial charge >= 0.3 is 0 Å². The van der Waals surface area contributed by atoms with Crippen LogP contribution in [-0.2, 0) is 45.4 Å². The number of aromatic nitrogens is 2. The monoisotopic (exact) mass is 958 g/mol. The lowest BCUT2D eigenvalue weighted by atomic mass is 9.86. The first-order valence-electron chi connectivity index (χ1n) is 23.9. The number of benzene rings is 2. The molecule has 6 aliphatic heterocycles. The van der Waals surface area contributed by atoms with Crippen LogP contribution in [0.5, 0.6) is 23.0 Å². The smallest absolute Gasteiger partial charge is 0.258 e. The van der Waals surface area contributed by atoms with E-state index in [0.29, 0.717) is 45.5 Å². The molecule has 8 heterocycles. The highest BCUT2D eigenvalue weighted by Crippen LogP contribution is 2.50. The molecular weight excluding hydrogens is 901 g/mol. The average molecular weight is 959 g/mol. The van der Waals surface area contributed by atoms with Gasteiger partial charge in [-0.3, -0.25) is 28.8 Å². The van der Waals surface area contributed by atoms with E-state index in [4.69, 9.17) is 18.9 Å². The van der Waals surface area contributed by atoms with Crippen molar-refractivity contribution in [3.05, 3.63) is 127 Å². The minimum Gasteiger partial charge on any atom is -0.454 e. The predicted octanol–water partition coefficient (Wildman–Crippen LogP) is 3.65. The molecule has 0 saturated carbocycles. The molecule has 2 fully saturated rings. The van der Waals surface area contributed by atoms with Crippen molar-refractivity contribution in [2.24, 2.45) is 23.7 Å². The summed E-state index contributed by atoms with van der Waals surface area (Å²) >= 11 is 0. The van der Waals surface area contributed by atoms with Crippen LogP contribution in [-0.4, -0.2) is 91.7 Å². The second kappa shape index (κ2) is 20.0. The van der Waals surface area contributed by atoms with Crippen LogP contribution in [0.4, 0.5) is 0 Å². The van der Waals surface area contributed by atoms with Crippen LogP contribution >= 0.6 is 0 Å². The Morgan fingerprint density at radius 3 is 1.37 bits per heavy atom. The van der Waals surface area contributed by atoms with Crippen molar-refractivity contribution in [3.8, 4) is 23.0 Å². The highest BCUT2D eigenvalue weighted by atomic mass is 16.7. The van der Waals surface area contributed by atoms with E-state index in [1.54, 1.807) is 81.4 Å². The molecule has 0 unspecified atom stereocenters. The van der Waals surface area contributed by atoms with Gasteiger partial charge in [-0.1, -0.05) is 50.3 Å². The lowest BCUT2D eigenvalue weighted by Gasteiger charge is -2.38. The quantitative estimate of drug-likeness (QED) is 0.160. The molecule has 2 saturated heterocycles. The molecule has 6 aliphatic rings. The summed E-state index contributed by atoms with van der Waals surface area (Å²) in [4.78, 5) is 82.9. The number of allylic oxidation sites excluding steroid dienone is 2. The summed E-state index contributed by atoms with van der Waals surface area (Å²) in [5, 5.41) is 26.6. The number of fused-ring (bicyclic) bond motifs is 10. The first-order valence-corrected chi connectivity index (χ1v) is 23.9. The second-order valence-corrected chi connectivity index (χ2v) is 18.1. The zero-order valence-corrected chi connectivity index (χ0v) is 39.5. The predicted molar refractivity (Wildman–Crippen MR) is 255 cm³/mol. The van der Waals surface area contributed by atoms with Crippen LogP contribution in [0, 0.1) is 23.7 Å². The van der Waals surface area contributed by atoms with Crippen molar-refractivity contribution in [1.29, 1.82) is 0 Å². The van der Waals surface area contributed by atoms with E-state index in [1.165, 1.54) is 0 Å². The molecule has 10 rings (SSSR count). The molecule has 8 atom stereocenters. The summed E-state index contributed by atoms with van der Waals surface area (Å²) in [6.45, 7) is 8.08. The van der Waals surface area contributed by atoms with E-state index in [1.807, 2.05) is 50.2 Å². The molecule has 2 aromatic carbocycles. The molecule has 0 radical (unpaired) electrons. The number of amides is 4. The van der Waals surface area contributed by atoms with Gasteiger partial charge in [-0.15, -0.1) is 0 Å².